The molecule has 0 spiro atoms. The van der Waals surface area contributed by atoms with E-state index in [1.807, 2.05) is 30.0 Å². The number of aliphatic imine (C=N–C) groups is 1. The first kappa shape index (κ1) is 9.50. The molecule has 1 aliphatic rings. The van der Waals surface area contributed by atoms with Crippen molar-refractivity contribution in [1.29, 1.82) is 0 Å². The summed E-state index contributed by atoms with van der Waals surface area (Å²) in [5, 5.41) is 0.788. The van der Waals surface area contributed by atoms with E-state index in [0.29, 0.717) is 6.54 Å². The van der Waals surface area contributed by atoms with E-state index in [-0.39, 0.29) is 0 Å². The molecule has 0 heterocycles. The lowest BCUT2D eigenvalue weighted by Gasteiger charge is -2.04. The normalized spacial score (nSPS) is 14.9. The van der Waals surface area contributed by atoms with Gasteiger partial charge in [0.1, 0.15) is 0 Å². The average Bonchev–Trinajstić information content (AvgIpc) is 3.01. The van der Waals surface area contributed by atoms with E-state index in [1.54, 1.807) is 6.08 Å². The summed E-state index contributed by atoms with van der Waals surface area (Å²) in [6, 6.07) is 8.12. The molecule has 3 heteroatoms. The summed E-state index contributed by atoms with van der Waals surface area (Å²) < 4.78 is 0. The first-order chi connectivity index (χ1) is 6.90. The van der Waals surface area contributed by atoms with Gasteiger partial charge in [0, 0.05) is 10.1 Å². The zero-order valence-corrected chi connectivity index (χ0v) is 8.59. The SMILES string of the molecule is O=C=NCc1ccccc1SC1CC1. The molecule has 0 aliphatic heterocycles. The van der Waals surface area contributed by atoms with Crippen LogP contribution in [0.1, 0.15) is 18.4 Å². The van der Waals surface area contributed by atoms with Gasteiger partial charge in [-0.25, -0.2) is 9.79 Å². The lowest BCUT2D eigenvalue weighted by atomic mass is 10.2. The van der Waals surface area contributed by atoms with Crippen LogP contribution >= 0.6 is 11.8 Å². The zero-order chi connectivity index (χ0) is 9.80. The molecule has 1 aliphatic carbocycles. The summed E-state index contributed by atoms with van der Waals surface area (Å²) in [5.74, 6) is 0. The van der Waals surface area contributed by atoms with E-state index >= 15 is 0 Å². The zero-order valence-electron chi connectivity index (χ0n) is 7.77. The highest BCUT2D eigenvalue weighted by Crippen LogP contribution is 2.40. The Morgan fingerprint density at radius 2 is 2.21 bits per heavy atom. The van der Waals surface area contributed by atoms with Crippen LogP contribution in [0.15, 0.2) is 34.2 Å². The minimum absolute atomic E-state index is 0.458. The Labute approximate surface area is 87.4 Å². The molecule has 0 N–H and O–H groups in total. The molecule has 14 heavy (non-hydrogen) atoms. The van der Waals surface area contributed by atoms with Crippen molar-refractivity contribution in [2.24, 2.45) is 4.99 Å². The highest BCUT2D eigenvalue weighted by Gasteiger charge is 2.23. The van der Waals surface area contributed by atoms with Crippen LogP contribution < -0.4 is 0 Å². The lowest BCUT2D eigenvalue weighted by Crippen LogP contribution is -1.86. The van der Waals surface area contributed by atoms with Gasteiger partial charge in [0.05, 0.1) is 6.54 Å². The second-order valence-electron chi connectivity index (χ2n) is 3.33. The van der Waals surface area contributed by atoms with Crippen LogP contribution in [-0.2, 0) is 11.3 Å². The van der Waals surface area contributed by atoms with E-state index in [0.717, 1.165) is 10.8 Å². The van der Waals surface area contributed by atoms with E-state index in [1.165, 1.54) is 17.7 Å². The fourth-order valence-electron chi connectivity index (χ4n) is 1.23. The van der Waals surface area contributed by atoms with Crippen molar-refractivity contribution in [2.75, 3.05) is 0 Å². The minimum Gasteiger partial charge on any atom is -0.211 e. The molecule has 1 fully saturated rings. The van der Waals surface area contributed by atoms with Crippen LogP contribution in [0, 0.1) is 0 Å². The molecule has 2 rings (SSSR count). The predicted molar refractivity (Wildman–Crippen MR) is 57.1 cm³/mol. The molecular formula is C11H11NOS. The molecule has 72 valence electrons. The topological polar surface area (TPSA) is 29.4 Å². The second-order valence-corrected chi connectivity index (χ2v) is 4.67. The molecule has 0 radical (unpaired) electrons. The fraction of sp³-hybridized carbons (Fsp3) is 0.364. The molecular weight excluding hydrogens is 194 g/mol. The number of thioether (sulfide) groups is 1. The Bertz CT molecular complexity index is 367. The van der Waals surface area contributed by atoms with E-state index in [2.05, 4.69) is 11.1 Å². The number of hydrogen-bond donors (Lipinski definition) is 0. The summed E-state index contributed by atoms with van der Waals surface area (Å²) in [6.07, 6.45) is 4.21. The smallest absolute Gasteiger partial charge is 0.211 e. The van der Waals surface area contributed by atoms with Gasteiger partial charge in [-0.3, -0.25) is 0 Å². The number of isocyanates is 1. The summed E-state index contributed by atoms with van der Waals surface area (Å²) in [7, 11) is 0. The molecule has 2 nitrogen and oxygen atoms in total. The fourth-order valence-corrected chi connectivity index (χ4v) is 2.40. The predicted octanol–water partition coefficient (Wildman–Crippen LogP) is 2.78. The number of nitrogens with zero attached hydrogens (tertiary/aromatic N) is 1. The molecule has 0 saturated heterocycles. The summed E-state index contributed by atoms with van der Waals surface area (Å²) >= 11 is 1.90. The summed E-state index contributed by atoms with van der Waals surface area (Å²) in [5.41, 5.74) is 1.13. The monoisotopic (exact) mass is 205 g/mol. The summed E-state index contributed by atoms with van der Waals surface area (Å²) in [6.45, 7) is 0.458. The number of benzene rings is 1. The van der Waals surface area contributed by atoms with Gasteiger partial charge in [0.2, 0.25) is 6.08 Å². The molecule has 1 saturated carbocycles. The maximum Gasteiger partial charge on any atom is 0.235 e. The highest BCUT2D eigenvalue weighted by molar-refractivity contribution is 8.00. The highest BCUT2D eigenvalue weighted by atomic mass is 32.2. The van der Waals surface area contributed by atoms with Crippen molar-refractivity contribution in [2.45, 2.75) is 29.5 Å². The largest absolute Gasteiger partial charge is 0.235 e. The van der Waals surface area contributed by atoms with Crippen molar-refractivity contribution in [3.8, 4) is 0 Å². The Balaban J connectivity index is 2.13. The molecule has 0 aromatic heterocycles. The molecule has 1 aromatic rings. The van der Waals surface area contributed by atoms with Gasteiger partial charge < -0.3 is 0 Å². The van der Waals surface area contributed by atoms with Gasteiger partial charge in [-0.1, -0.05) is 18.2 Å². The van der Waals surface area contributed by atoms with Crippen molar-refractivity contribution < 1.29 is 4.79 Å². The van der Waals surface area contributed by atoms with Crippen molar-refractivity contribution >= 4 is 17.8 Å². The first-order valence-electron chi connectivity index (χ1n) is 4.68. The van der Waals surface area contributed by atoms with Crippen molar-refractivity contribution in [3.63, 3.8) is 0 Å². The third kappa shape index (κ3) is 2.47. The Kier molecular flexibility index (Phi) is 3.02. The van der Waals surface area contributed by atoms with Gasteiger partial charge in [0.25, 0.3) is 0 Å². The van der Waals surface area contributed by atoms with Gasteiger partial charge in [0.15, 0.2) is 0 Å². The standard InChI is InChI=1S/C11H11NOS/c13-8-12-7-9-3-1-2-4-11(9)14-10-5-6-10/h1-4,10H,5-7H2. The average molecular weight is 205 g/mol. The Morgan fingerprint density at radius 1 is 1.43 bits per heavy atom. The van der Waals surface area contributed by atoms with Gasteiger partial charge >= 0.3 is 0 Å². The molecule has 0 bridgehead atoms. The number of carbonyl (C=O) groups excluding carboxylic acids is 1. The van der Waals surface area contributed by atoms with E-state index in [9.17, 15) is 4.79 Å². The van der Waals surface area contributed by atoms with Crippen LogP contribution in [0.5, 0.6) is 0 Å². The van der Waals surface area contributed by atoms with E-state index in [4.69, 9.17) is 0 Å². The van der Waals surface area contributed by atoms with Crippen LogP contribution in [0.3, 0.4) is 0 Å². The molecule has 0 amide bonds. The van der Waals surface area contributed by atoms with E-state index < -0.39 is 0 Å². The van der Waals surface area contributed by atoms with Crippen molar-refractivity contribution in [1.82, 2.24) is 0 Å². The number of hydrogen-bond acceptors (Lipinski definition) is 3. The molecule has 1 aromatic carbocycles. The third-order valence-electron chi connectivity index (χ3n) is 2.10. The van der Waals surface area contributed by atoms with Crippen LogP contribution in [0.25, 0.3) is 0 Å². The number of rotatable bonds is 4. The lowest BCUT2D eigenvalue weighted by molar-refractivity contribution is 0.562. The molecule has 0 atom stereocenters. The quantitative estimate of drug-likeness (QED) is 0.558. The van der Waals surface area contributed by atoms with Crippen LogP contribution in [0.2, 0.25) is 0 Å². The summed E-state index contributed by atoms with van der Waals surface area (Å²) in [4.78, 5) is 14.9. The van der Waals surface area contributed by atoms with Gasteiger partial charge in [-0.15, -0.1) is 11.8 Å². The maximum atomic E-state index is 10.0. The first-order valence-corrected chi connectivity index (χ1v) is 5.56. The second kappa shape index (κ2) is 4.45. The maximum absolute atomic E-state index is 10.0. The Morgan fingerprint density at radius 3 is 2.93 bits per heavy atom. The third-order valence-corrected chi connectivity index (χ3v) is 3.56. The van der Waals surface area contributed by atoms with Crippen LogP contribution in [-0.4, -0.2) is 11.3 Å². The van der Waals surface area contributed by atoms with Gasteiger partial charge in [-0.05, 0) is 24.5 Å². The Hall–Kier alpha value is -1.05. The molecule has 0 unspecified atom stereocenters. The van der Waals surface area contributed by atoms with Gasteiger partial charge in [-0.2, -0.15) is 0 Å². The van der Waals surface area contributed by atoms with Crippen molar-refractivity contribution in [3.05, 3.63) is 29.8 Å². The minimum atomic E-state index is 0.458. The van der Waals surface area contributed by atoms with Crippen LogP contribution in [0.4, 0.5) is 0 Å².